The minimum atomic E-state index is -0.288. The summed E-state index contributed by atoms with van der Waals surface area (Å²) in [5, 5.41) is 4.14. The fourth-order valence-electron chi connectivity index (χ4n) is 3.60. The van der Waals surface area contributed by atoms with Gasteiger partial charge in [-0.3, -0.25) is 9.59 Å². The molecule has 7 heteroatoms. The predicted molar refractivity (Wildman–Crippen MR) is 133 cm³/mol. The number of aromatic nitrogens is 1. The summed E-state index contributed by atoms with van der Waals surface area (Å²) in [6.07, 6.45) is 2.83. The molecule has 0 atom stereocenters. The number of hydrazone groups is 1. The van der Waals surface area contributed by atoms with Crippen molar-refractivity contribution in [2.24, 2.45) is 5.10 Å². The van der Waals surface area contributed by atoms with Crippen LogP contribution >= 0.6 is 0 Å². The zero-order valence-electron chi connectivity index (χ0n) is 20.1. The smallest absolute Gasteiger partial charge is 0.310 e. The van der Waals surface area contributed by atoms with Gasteiger partial charge in [0.25, 0.3) is 5.91 Å². The second-order valence-corrected chi connectivity index (χ2v) is 7.88. The third-order valence-corrected chi connectivity index (χ3v) is 5.28. The fraction of sp³-hybridized carbons (Fsp3) is 0.296. The largest absolute Gasteiger partial charge is 0.494 e. The van der Waals surface area contributed by atoms with Gasteiger partial charge in [-0.1, -0.05) is 19.1 Å². The maximum atomic E-state index is 12.4. The first kappa shape index (κ1) is 24.8. The summed E-state index contributed by atoms with van der Waals surface area (Å²) in [6, 6.07) is 16.8. The molecule has 1 N–H and O–H groups in total. The number of hydrogen-bond donors (Lipinski definition) is 1. The summed E-state index contributed by atoms with van der Waals surface area (Å²) in [5.74, 6) is 0.220. The van der Waals surface area contributed by atoms with Crippen LogP contribution in [-0.2, 0) is 16.0 Å². The number of ether oxygens (including phenoxy) is 2. The Bertz CT molecular complexity index is 1150. The van der Waals surface area contributed by atoms with E-state index < -0.39 is 0 Å². The molecule has 1 aromatic heterocycles. The normalized spacial score (nSPS) is 10.9. The zero-order chi connectivity index (χ0) is 24.5. The van der Waals surface area contributed by atoms with E-state index in [4.69, 9.17) is 9.47 Å². The third-order valence-electron chi connectivity index (χ3n) is 5.28. The standard InChI is InChI=1S/C27H31N3O4/c1-5-15-34-25-13-9-22(10-14-25)27(32)29-28-18-23-16-19(3)30(20(23)4)24-11-7-21(8-12-24)17-26(31)33-6-2/h7-14,16,18H,5-6,15,17H2,1-4H3,(H,29,32)/b28-18-. The molecular formula is C27H31N3O4. The average Bonchev–Trinajstić information content (AvgIpc) is 3.11. The quantitative estimate of drug-likeness (QED) is 0.268. The van der Waals surface area contributed by atoms with Crippen LogP contribution in [0.1, 0.15) is 53.1 Å². The van der Waals surface area contributed by atoms with E-state index in [1.165, 1.54) is 0 Å². The van der Waals surface area contributed by atoms with Crippen LogP contribution in [0, 0.1) is 13.8 Å². The van der Waals surface area contributed by atoms with Gasteiger partial charge in [0.1, 0.15) is 5.75 Å². The molecule has 0 aliphatic carbocycles. The number of nitrogens with one attached hydrogen (secondary N) is 1. The molecule has 3 aromatic rings. The van der Waals surface area contributed by atoms with Gasteiger partial charge in [-0.15, -0.1) is 0 Å². The van der Waals surface area contributed by atoms with E-state index in [-0.39, 0.29) is 18.3 Å². The molecule has 0 spiro atoms. The number of carbonyl (C=O) groups excluding carboxylic acids is 2. The van der Waals surface area contributed by atoms with Crippen molar-refractivity contribution in [2.45, 2.75) is 40.5 Å². The lowest BCUT2D eigenvalue weighted by Gasteiger charge is -2.10. The SMILES string of the molecule is CCCOc1ccc(C(=O)N/N=C\c2cc(C)n(-c3ccc(CC(=O)OCC)cc3)c2C)cc1. The van der Waals surface area contributed by atoms with E-state index >= 15 is 0 Å². The summed E-state index contributed by atoms with van der Waals surface area (Å²) in [5.41, 5.74) is 7.90. The van der Waals surface area contributed by atoms with Crippen molar-refractivity contribution >= 4 is 18.1 Å². The van der Waals surface area contributed by atoms with Crippen LogP contribution in [0.2, 0.25) is 0 Å². The number of amides is 1. The van der Waals surface area contributed by atoms with Crippen molar-refractivity contribution < 1.29 is 19.1 Å². The topological polar surface area (TPSA) is 81.9 Å². The Kier molecular flexibility index (Phi) is 8.62. The van der Waals surface area contributed by atoms with Gasteiger partial charge in [-0.05, 0) is 75.2 Å². The number of nitrogens with zero attached hydrogens (tertiary/aromatic N) is 2. The molecule has 2 aromatic carbocycles. The van der Waals surface area contributed by atoms with Crippen LogP contribution in [-0.4, -0.2) is 35.9 Å². The van der Waals surface area contributed by atoms with Gasteiger partial charge in [0, 0.05) is 28.2 Å². The summed E-state index contributed by atoms with van der Waals surface area (Å²) in [6.45, 7) is 8.87. The molecule has 0 fully saturated rings. The molecule has 0 bridgehead atoms. The van der Waals surface area contributed by atoms with Gasteiger partial charge in [0.2, 0.25) is 0 Å². The Labute approximate surface area is 200 Å². The monoisotopic (exact) mass is 461 g/mol. The number of rotatable bonds is 10. The number of esters is 1. The lowest BCUT2D eigenvalue weighted by Crippen LogP contribution is -2.17. The van der Waals surface area contributed by atoms with Gasteiger partial charge in [0.05, 0.1) is 25.8 Å². The van der Waals surface area contributed by atoms with Crippen molar-refractivity contribution in [1.29, 1.82) is 0 Å². The predicted octanol–water partition coefficient (Wildman–Crippen LogP) is 4.75. The Morgan fingerprint density at radius 1 is 1.03 bits per heavy atom. The van der Waals surface area contributed by atoms with Crippen LogP contribution in [0.25, 0.3) is 5.69 Å². The fourth-order valence-corrected chi connectivity index (χ4v) is 3.60. The van der Waals surface area contributed by atoms with E-state index in [0.29, 0.717) is 18.8 Å². The van der Waals surface area contributed by atoms with E-state index in [1.54, 1.807) is 37.4 Å². The maximum absolute atomic E-state index is 12.4. The van der Waals surface area contributed by atoms with Gasteiger partial charge in [0.15, 0.2) is 0 Å². The summed E-state index contributed by atoms with van der Waals surface area (Å²) < 4.78 is 12.7. The van der Waals surface area contributed by atoms with Gasteiger partial charge >= 0.3 is 5.97 Å². The van der Waals surface area contributed by atoms with Crippen LogP contribution in [0.4, 0.5) is 0 Å². The van der Waals surface area contributed by atoms with Crippen molar-refractivity contribution in [3.63, 3.8) is 0 Å². The third kappa shape index (κ3) is 6.34. The van der Waals surface area contributed by atoms with Gasteiger partial charge in [-0.2, -0.15) is 5.10 Å². The Morgan fingerprint density at radius 3 is 2.38 bits per heavy atom. The highest BCUT2D eigenvalue weighted by atomic mass is 16.5. The molecule has 0 unspecified atom stereocenters. The molecule has 3 rings (SSSR count). The molecule has 0 saturated carbocycles. The first-order chi connectivity index (χ1) is 16.4. The highest BCUT2D eigenvalue weighted by Gasteiger charge is 2.11. The van der Waals surface area contributed by atoms with E-state index in [1.807, 2.05) is 51.1 Å². The number of carbonyl (C=O) groups is 2. The summed E-state index contributed by atoms with van der Waals surface area (Å²) in [4.78, 5) is 24.1. The van der Waals surface area contributed by atoms with E-state index in [2.05, 4.69) is 15.1 Å². The molecule has 0 saturated heterocycles. The first-order valence-electron chi connectivity index (χ1n) is 11.4. The molecule has 1 amide bonds. The minimum Gasteiger partial charge on any atom is -0.494 e. The number of aryl methyl sites for hydroxylation is 1. The van der Waals surface area contributed by atoms with Crippen LogP contribution in [0.3, 0.4) is 0 Å². The minimum absolute atomic E-state index is 0.232. The molecular weight excluding hydrogens is 430 g/mol. The molecule has 178 valence electrons. The summed E-state index contributed by atoms with van der Waals surface area (Å²) >= 11 is 0. The van der Waals surface area contributed by atoms with Crippen molar-refractivity contribution in [2.75, 3.05) is 13.2 Å². The molecule has 34 heavy (non-hydrogen) atoms. The molecule has 7 nitrogen and oxygen atoms in total. The lowest BCUT2D eigenvalue weighted by molar-refractivity contribution is -0.142. The zero-order valence-corrected chi connectivity index (χ0v) is 20.1. The summed E-state index contributed by atoms with van der Waals surface area (Å²) in [7, 11) is 0. The Balaban J connectivity index is 1.65. The van der Waals surface area contributed by atoms with E-state index in [0.717, 1.165) is 40.4 Å². The van der Waals surface area contributed by atoms with Gasteiger partial charge < -0.3 is 14.0 Å². The molecule has 0 radical (unpaired) electrons. The highest BCUT2D eigenvalue weighted by molar-refractivity contribution is 5.95. The highest BCUT2D eigenvalue weighted by Crippen LogP contribution is 2.20. The molecule has 0 aliphatic rings. The molecule has 0 aliphatic heterocycles. The van der Waals surface area contributed by atoms with Crippen LogP contribution in [0.5, 0.6) is 5.75 Å². The van der Waals surface area contributed by atoms with Crippen molar-refractivity contribution in [3.8, 4) is 11.4 Å². The Morgan fingerprint density at radius 2 is 1.74 bits per heavy atom. The second kappa shape index (κ2) is 11.8. The lowest BCUT2D eigenvalue weighted by atomic mass is 10.1. The van der Waals surface area contributed by atoms with E-state index in [9.17, 15) is 9.59 Å². The first-order valence-corrected chi connectivity index (χ1v) is 11.4. The van der Waals surface area contributed by atoms with Crippen LogP contribution in [0.15, 0.2) is 59.7 Å². The maximum Gasteiger partial charge on any atom is 0.310 e. The van der Waals surface area contributed by atoms with Crippen LogP contribution < -0.4 is 10.2 Å². The van der Waals surface area contributed by atoms with Crippen molar-refractivity contribution in [3.05, 3.63) is 82.7 Å². The van der Waals surface area contributed by atoms with Gasteiger partial charge in [-0.25, -0.2) is 5.43 Å². The molecule has 1 heterocycles. The number of hydrogen-bond acceptors (Lipinski definition) is 5. The average molecular weight is 462 g/mol. The number of benzene rings is 2. The Hall–Kier alpha value is -3.87. The van der Waals surface area contributed by atoms with Crippen molar-refractivity contribution in [1.82, 2.24) is 9.99 Å². The second-order valence-electron chi connectivity index (χ2n) is 7.88.